The normalized spacial score (nSPS) is 9.92. The first-order valence-corrected chi connectivity index (χ1v) is 8.97. The topological polar surface area (TPSA) is 0 Å². The van der Waals surface area contributed by atoms with Gasteiger partial charge in [0.1, 0.15) is 0 Å². The quantitative estimate of drug-likeness (QED) is 0.359. The molecule has 0 aliphatic rings. The zero-order chi connectivity index (χ0) is 18.2. The predicted molar refractivity (Wildman–Crippen MR) is 113 cm³/mol. The van der Waals surface area contributed by atoms with Gasteiger partial charge in [0, 0.05) is 0 Å². The smallest absolute Gasteiger partial charge is 0.0155 e. The van der Waals surface area contributed by atoms with Gasteiger partial charge in [0.05, 0.1) is 0 Å². The van der Waals surface area contributed by atoms with E-state index >= 15 is 0 Å². The summed E-state index contributed by atoms with van der Waals surface area (Å²) in [4.78, 5) is 0. The Hall–Kier alpha value is -3.12. The minimum atomic E-state index is 1.28. The van der Waals surface area contributed by atoms with Crippen molar-refractivity contribution in [1.29, 1.82) is 0 Å². The second kappa shape index (κ2) is 8.82. The third-order valence-corrected chi connectivity index (χ3v) is 4.36. The standard InChI is InChI=1S/2C13H12/c1-11-7-5-6-10-13(11)12-8-3-2-4-9-12;1-11-6-5-9-13(10-11)12-7-3-2-4-8-12/h2*2-10H,1H3. The van der Waals surface area contributed by atoms with Gasteiger partial charge in [-0.2, -0.15) is 0 Å². The van der Waals surface area contributed by atoms with Gasteiger partial charge in [-0.05, 0) is 41.7 Å². The van der Waals surface area contributed by atoms with Crippen molar-refractivity contribution in [3.8, 4) is 22.3 Å². The van der Waals surface area contributed by atoms with Crippen molar-refractivity contribution < 1.29 is 0 Å². The molecule has 0 unspecified atom stereocenters. The molecule has 0 N–H and O–H groups in total. The molecule has 0 bridgehead atoms. The number of hydrogen-bond donors (Lipinski definition) is 0. The van der Waals surface area contributed by atoms with Crippen LogP contribution in [0.4, 0.5) is 0 Å². The lowest BCUT2D eigenvalue weighted by Gasteiger charge is -2.04. The summed E-state index contributed by atoms with van der Waals surface area (Å²) in [5.74, 6) is 0. The Morgan fingerprint density at radius 2 is 0.962 bits per heavy atom. The zero-order valence-electron chi connectivity index (χ0n) is 15.4. The molecule has 0 spiro atoms. The molecule has 4 rings (SSSR count). The molecular formula is C26H24. The van der Waals surface area contributed by atoms with Crippen LogP contribution in [0.1, 0.15) is 11.1 Å². The number of aryl methyl sites for hydroxylation is 2. The van der Waals surface area contributed by atoms with E-state index < -0.39 is 0 Å². The molecule has 0 aromatic heterocycles. The summed E-state index contributed by atoms with van der Waals surface area (Å²) in [7, 11) is 0. The van der Waals surface area contributed by atoms with Crippen LogP contribution in [0.25, 0.3) is 22.3 Å². The maximum atomic E-state index is 2.20. The van der Waals surface area contributed by atoms with Gasteiger partial charge < -0.3 is 0 Å². The Kier molecular flexibility index (Phi) is 6.01. The summed E-state index contributed by atoms with van der Waals surface area (Å²) < 4.78 is 0. The number of benzene rings is 4. The first-order valence-electron chi connectivity index (χ1n) is 8.97. The SMILES string of the molecule is Cc1cccc(-c2ccccc2)c1.Cc1ccccc1-c1ccccc1. The highest BCUT2D eigenvalue weighted by atomic mass is 14.0. The second-order valence-electron chi connectivity index (χ2n) is 6.42. The van der Waals surface area contributed by atoms with Crippen LogP contribution in [0.3, 0.4) is 0 Å². The fraction of sp³-hybridized carbons (Fsp3) is 0.0769. The zero-order valence-corrected chi connectivity index (χ0v) is 15.4. The van der Waals surface area contributed by atoms with Crippen molar-refractivity contribution >= 4 is 0 Å². The Morgan fingerprint density at radius 1 is 0.423 bits per heavy atom. The molecule has 0 nitrogen and oxygen atoms in total. The third-order valence-electron chi connectivity index (χ3n) is 4.36. The van der Waals surface area contributed by atoms with Gasteiger partial charge in [0.15, 0.2) is 0 Å². The molecule has 0 aliphatic heterocycles. The molecule has 26 heavy (non-hydrogen) atoms. The summed E-state index contributed by atoms with van der Waals surface area (Å²) in [6.45, 7) is 4.26. The highest BCUT2D eigenvalue weighted by Gasteiger charge is 1.98. The molecular weight excluding hydrogens is 312 g/mol. The molecule has 4 aromatic carbocycles. The summed E-state index contributed by atoms with van der Waals surface area (Å²) >= 11 is 0. The monoisotopic (exact) mass is 336 g/mol. The van der Waals surface area contributed by atoms with Crippen LogP contribution < -0.4 is 0 Å². The minimum absolute atomic E-state index is 1.28. The predicted octanol–water partition coefficient (Wildman–Crippen LogP) is 7.32. The number of hydrogen-bond acceptors (Lipinski definition) is 0. The van der Waals surface area contributed by atoms with Crippen molar-refractivity contribution in [2.24, 2.45) is 0 Å². The Bertz CT molecular complexity index is 938. The van der Waals surface area contributed by atoms with E-state index in [1.54, 1.807) is 0 Å². The van der Waals surface area contributed by atoms with Crippen LogP contribution in [-0.4, -0.2) is 0 Å². The van der Waals surface area contributed by atoms with E-state index in [1.807, 2.05) is 12.1 Å². The van der Waals surface area contributed by atoms with E-state index in [2.05, 4.69) is 111 Å². The van der Waals surface area contributed by atoms with Crippen LogP contribution in [0.15, 0.2) is 109 Å². The van der Waals surface area contributed by atoms with Crippen molar-refractivity contribution in [1.82, 2.24) is 0 Å². The molecule has 0 amide bonds. The van der Waals surface area contributed by atoms with Crippen LogP contribution in [0, 0.1) is 13.8 Å². The second-order valence-corrected chi connectivity index (χ2v) is 6.42. The molecule has 0 saturated carbocycles. The summed E-state index contributed by atoms with van der Waals surface area (Å²) in [5.41, 5.74) is 7.82. The van der Waals surface area contributed by atoms with Crippen LogP contribution >= 0.6 is 0 Å². The maximum absolute atomic E-state index is 2.20. The van der Waals surface area contributed by atoms with Crippen molar-refractivity contribution in [3.05, 3.63) is 120 Å². The largest absolute Gasteiger partial charge is 0.0622 e. The van der Waals surface area contributed by atoms with E-state index in [-0.39, 0.29) is 0 Å². The molecule has 0 radical (unpaired) electrons. The van der Waals surface area contributed by atoms with Crippen molar-refractivity contribution in [2.75, 3.05) is 0 Å². The molecule has 128 valence electrons. The van der Waals surface area contributed by atoms with Gasteiger partial charge in [-0.3, -0.25) is 0 Å². The Morgan fingerprint density at radius 3 is 1.58 bits per heavy atom. The molecule has 0 heteroatoms. The minimum Gasteiger partial charge on any atom is -0.0622 e. The average Bonchev–Trinajstić information content (AvgIpc) is 2.70. The lowest BCUT2D eigenvalue weighted by Crippen LogP contribution is -1.80. The van der Waals surface area contributed by atoms with Gasteiger partial charge in [-0.1, -0.05) is 115 Å². The van der Waals surface area contributed by atoms with Crippen LogP contribution in [0.5, 0.6) is 0 Å². The first-order chi connectivity index (χ1) is 12.7. The summed E-state index contributed by atoms with van der Waals surface area (Å²) in [6, 6.07) is 37.9. The van der Waals surface area contributed by atoms with E-state index in [9.17, 15) is 0 Å². The van der Waals surface area contributed by atoms with Gasteiger partial charge in [-0.25, -0.2) is 0 Å². The molecule has 4 aromatic rings. The van der Waals surface area contributed by atoms with E-state index in [1.165, 1.54) is 33.4 Å². The van der Waals surface area contributed by atoms with Gasteiger partial charge in [0.25, 0.3) is 0 Å². The Labute approximate surface area is 156 Å². The average molecular weight is 336 g/mol. The third kappa shape index (κ3) is 4.70. The van der Waals surface area contributed by atoms with Gasteiger partial charge in [-0.15, -0.1) is 0 Å². The summed E-state index contributed by atoms with van der Waals surface area (Å²) in [5, 5.41) is 0. The highest BCUT2D eigenvalue weighted by Crippen LogP contribution is 2.22. The maximum Gasteiger partial charge on any atom is -0.0155 e. The highest BCUT2D eigenvalue weighted by molar-refractivity contribution is 5.66. The van der Waals surface area contributed by atoms with E-state index in [4.69, 9.17) is 0 Å². The van der Waals surface area contributed by atoms with Crippen LogP contribution in [-0.2, 0) is 0 Å². The fourth-order valence-corrected chi connectivity index (χ4v) is 2.97. The number of rotatable bonds is 2. The summed E-state index contributed by atoms with van der Waals surface area (Å²) in [6.07, 6.45) is 0. The molecule has 0 fully saturated rings. The van der Waals surface area contributed by atoms with Crippen LogP contribution in [0.2, 0.25) is 0 Å². The molecule has 0 heterocycles. The van der Waals surface area contributed by atoms with Gasteiger partial charge >= 0.3 is 0 Å². The van der Waals surface area contributed by atoms with E-state index in [0.717, 1.165) is 0 Å². The first kappa shape index (κ1) is 17.7. The fourth-order valence-electron chi connectivity index (χ4n) is 2.97. The lowest BCUT2D eigenvalue weighted by atomic mass is 10.0. The lowest BCUT2D eigenvalue weighted by molar-refractivity contribution is 1.46. The molecule has 0 aliphatic carbocycles. The van der Waals surface area contributed by atoms with Crippen molar-refractivity contribution in [3.63, 3.8) is 0 Å². The van der Waals surface area contributed by atoms with E-state index in [0.29, 0.717) is 0 Å². The molecule has 0 saturated heterocycles. The van der Waals surface area contributed by atoms with Gasteiger partial charge in [0.2, 0.25) is 0 Å². The molecule has 0 atom stereocenters. The Balaban J connectivity index is 0.000000151. The van der Waals surface area contributed by atoms with Crippen molar-refractivity contribution in [2.45, 2.75) is 13.8 Å².